The largest absolute Gasteiger partial charge is 0.486 e. The molecule has 1 saturated heterocycles. The predicted octanol–water partition coefficient (Wildman–Crippen LogP) is 3.10. The standard InChI is InChI=1S/C21H27N3O4/c1-26-11-10-19-22-21(28-23-19)17-8-4-5-9-18(17)27-16-13-24(14-16)20(25)12-15-6-2-3-7-15/h4-5,8-9,15-16H,2-3,6-7,10-14H2,1H3. The summed E-state index contributed by atoms with van der Waals surface area (Å²) in [5.41, 5.74) is 0.773. The molecule has 150 valence electrons. The number of benzene rings is 1. The molecule has 1 aliphatic carbocycles. The lowest BCUT2D eigenvalue weighted by Gasteiger charge is -2.39. The van der Waals surface area contributed by atoms with Crippen molar-refractivity contribution in [3.05, 3.63) is 30.1 Å². The van der Waals surface area contributed by atoms with E-state index in [0.717, 1.165) is 5.56 Å². The number of hydrogen-bond donors (Lipinski definition) is 0. The molecule has 28 heavy (non-hydrogen) atoms. The first-order chi connectivity index (χ1) is 13.7. The number of likely N-dealkylation sites (tertiary alicyclic amines) is 1. The molecule has 0 N–H and O–H groups in total. The molecule has 4 rings (SSSR count). The van der Waals surface area contributed by atoms with E-state index in [1.54, 1.807) is 7.11 Å². The van der Waals surface area contributed by atoms with Gasteiger partial charge < -0.3 is 18.9 Å². The normalized spacial score (nSPS) is 17.7. The lowest BCUT2D eigenvalue weighted by Crippen LogP contribution is -2.56. The van der Waals surface area contributed by atoms with Gasteiger partial charge in [-0.15, -0.1) is 0 Å². The smallest absolute Gasteiger partial charge is 0.261 e. The lowest BCUT2D eigenvalue weighted by atomic mass is 10.0. The van der Waals surface area contributed by atoms with Crippen LogP contribution in [0.25, 0.3) is 11.5 Å². The van der Waals surface area contributed by atoms with Crippen molar-refractivity contribution in [1.29, 1.82) is 0 Å². The number of nitrogens with zero attached hydrogens (tertiary/aromatic N) is 3. The molecule has 1 aromatic heterocycles. The molecule has 1 aliphatic heterocycles. The zero-order chi connectivity index (χ0) is 19.3. The van der Waals surface area contributed by atoms with E-state index in [1.165, 1.54) is 25.7 Å². The third-order valence-electron chi connectivity index (χ3n) is 5.55. The molecule has 0 unspecified atom stereocenters. The minimum Gasteiger partial charge on any atom is -0.486 e. The summed E-state index contributed by atoms with van der Waals surface area (Å²) < 4.78 is 16.6. The minimum atomic E-state index is 0.00422. The summed E-state index contributed by atoms with van der Waals surface area (Å²) in [6.45, 7) is 1.83. The lowest BCUT2D eigenvalue weighted by molar-refractivity contribution is -0.141. The fourth-order valence-corrected chi connectivity index (χ4v) is 3.89. The van der Waals surface area contributed by atoms with E-state index in [2.05, 4.69) is 10.1 Å². The maximum absolute atomic E-state index is 12.4. The number of hydrogen-bond acceptors (Lipinski definition) is 6. The molecule has 1 aromatic carbocycles. The van der Waals surface area contributed by atoms with Gasteiger partial charge in [0.2, 0.25) is 5.91 Å². The Hall–Kier alpha value is -2.41. The first-order valence-corrected chi connectivity index (χ1v) is 10.1. The highest BCUT2D eigenvalue weighted by atomic mass is 16.5. The second-order valence-corrected chi connectivity index (χ2v) is 7.65. The van der Waals surface area contributed by atoms with Gasteiger partial charge in [0, 0.05) is 20.0 Å². The molecule has 2 aromatic rings. The van der Waals surface area contributed by atoms with Gasteiger partial charge >= 0.3 is 0 Å². The third kappa shape index (κ3) is 4.35. The maximum Gasteiger partial charge on any atom is 0.261 e. The van der Waals surface area contributed by atoms with Crippen LogP contribution >= 0.6 is 0 Å². The summed E-state index contributed by atoms with van der Waals surface area (Å²) in [6, 6.07) is 7.64. The summed E-state index contributed by atoms with van der Waals surface area (Å²) in [6.07, 6.45) is 6.23. The number of amides is 1. The summed E-state index contributed by atoms with van der Waals surface area (Å²) in [7, 11) is 1.64. The Labute approximate surface area is 165 Å². The molecule has 1 amide bonds. The molecule has 1 saturated carbocycles. The summed E-state index contributed by atoms with van der Waals surface area (Å²) >= 11 is 0. The predicted molar refractivity (Wildman–Crippen MR) is 103 cm³/mol. The maximum atomic E-state index is 12.4. The monoisotopic (exact) mass is 385 g/mol. The number of aromatic nitrogens is 2. The molecule has 0 bridgehead atoms. The highest BCUT2D eigenvalue weighted by molar-refractivity contribution is 5.77. The van der Waals surface area contributed by atoms with Gasteiger partial charge in [0.1, 0.15) is 11.9 Å². The molecular weight excluding hydrogens is 358 g/mol. The van der Waals surface area contributed by atoms with Crippen LogP contribution in [0.5, 0.6) is 5.75 Å². The van der Waals surface area contributed by atoms with E-state index >= 15 is 0 Å². The first kappa shape index (κ1) is 18.9. The number of carbonyl (C=O) groups excluding carboxylic acids is 1. The fourth-order valence-electron chi connectivity index (χ4n) is 3.89. The summed E-state index contributed by atoms with van der Waals surface area (Å²) in [4.78, 5) is 18.7. The van der Waals surface area contributed by atoms with Crippen LogP contribution < -0.4 is 4.74 Å². The second-order valence-electron chi connectivity index (χ2n) is 7.65. The number of carbonyl (C=O) groups is 1. The Bertz CT molecular complexity index is 794. The summed E-state index contributed by atoms with van der Waals surface area (Å²) in [5, 5.41) is 3.99. The Morgan fingerprint density at radius 2 is 2.04 bits per heavy atom. The summed E-state index contributed by atoms with van der Waals surface area (Å²) in [5.74, 6) is 2.60. The highest BCUT2D eigenvalue weighted by Crippen LogP contribution is 2.32. The van der Waals surface area contributed by atoms with Crippen LogP contribution in [-0.2, 0) is 16.0 Å². The Morgan fingerprint density at radius 1 is 1.25 bits per heavy atom. The van der Waals surface area contributed by atoms with Gasteiger partial charge in [-0.05, 0) is 30.9 Å². The molecule has 2 fully saturated rings. The van der Waals surface area contributed by atoms with Crippen LogP contribution in [0.3, 0.4) is 0 Å². The van der Waals surface area contributed by atoms with Gasteiger partial charge in [-0.1, -0.05) is 30.1 Å². The molecule has 7 heteroatoms. The van der Waals surface area contributed by atoms with Gasteiger partial charge in [0.25, 0.3) is 5.89 Å². The molecule has 2 heterocycles. The van der Waals surface area contributed by atoms with Gasteiger partial charge in [-0.3, -0.25) is 4.79 Å². The number of ether oxygens (including phenoxy) is 2. The van der Waals surface area contributed by atoms with Gasteiger partial charge in [0.05, 0.1) is 25.3 Å². The molecule has 2 aliphatic rings. The zero-order valence-corrected chi connectivity index (χ0v) is 16.3. The number of para-hydroxylation sites is 1. The first-order valence-electron chi connectivity index (χ1n) is 10.1. The topological polar surface area (TPSA) is 77.7 Å². The number of methoxy groups -OCH3 is 1. The SMILES string of the molecule is COCCc1noc(-c2ccccc2OC2CN(C(=O)CC3CCCC3)C2)n1. The van der Waals surface area contributed by atoms with Crippen molar-refractivity contribution in [2.24, 2.45) is 5.92 Å². The highest BCUT2D eigenvalue weighted by Gasteiger charge is 2.34. The van der Waals surface area contributed by atoms with Crippen LogP contribution in [-0.4, -0.2) is 53.9 Å². The Morgan fingerprint density at radius 3 is 2.82 bits per heavy atom. The molecule has 0 radical (unpaired) electrons. The van der Waals surface area contributed by atoms with E-state index in [9.17, 15) is 4.79 Å². The third-order valence-corrected chi connectivity index (χ3v) is 5.55. The Kier molecular flexibility index (Phi) is 5.90. The van der Waals surface area contributed by atoms with E-state index in [-0.39, 0.29) is 12.0 Å². The van der Waals surface area contributed by atoms with Crippen molar-refractivity contribution < 1.29 is 18.8 Å². The van der Waals surface area contributed by atoms with Gasteiger partial charge in [-0.2, -0.15) is 4.98 Å². The van der Waals surface area contributed by atoms with E-state index in [4.69, 9.17) is 14.0 Å². The van der Waals surface area contributed by atoms with Crippen LogP contribution in [0.1, 0.15) is 37.9 Å². The fraction of sp³-hybridized carbons (Fsp3) is 0.571. The second kappa shape index (κ2) is 8.73. The van der Waals surface area contributed by atoms with Crippen molar-refractivity contribution in [2.45, 2.75) is 44.6 Å². The van der Waals surface area contributed by atoms with Crippen LogP contribution in [0.4, 0.5) is 0 Å². The van der Waals surface area contributed by atoms with Crippen molar-refractivity contribution >= 4 is 5.91 Å². The van der Waals surface area contributed by atoms with E-state index in [1.807, 2.05) is 29.2 Å². The van der Waals surface area contributed by atoms with Crippen molar-refractivity contribution in [3.63, 3.8) is 0 Å². The Balaban J connectivity index is 1.33. The molecule has 7 nitrogen and oxygen atoms in total. The van der Waals surface area contributed by atoms with Crippen LogP contribution in [0.15, 0.2) is 28.8 Å². The van der Waals surface area contributed by atoms with Gasteiger partial charge in [-0.25, -0.2) is 0 Å². The van der Waals surface area contributed by atoms with Crippen molar-refractivity contribution in [2.75, 3.05) is 26.8 Å². The average molecular weight is 385 g/mol. The zero-order valence-electron chi connectivity index (χ0n) is 16.3. The number of rotatable bonds is 8. The van der Waals surface area contributed by atoms with Crippen LogP contribution in [0, 0.1) is 5.92 Å². The van der Waals surface area contributed by atoms with Crippen molar-refractivity contribution in [3.8, 4) is 17.2 Å². The molecule has 0 atom stereocenters. The molecule has 0 spiro atoms. The van der Waals surface area contributed by atoms with Crippen LogP contribution in [0.2, 0.25) is 0 Å². The minimum absolute atomic E-state index is 0.00422. The van der Waals surface area contributed by atoms with Crippen molar-refractivity contribution in [1.82, 2.24) is 15.0 Å². The average Bonchev–Trinajstić information content (AvgIpc) is 3.34. The van der Waals surface area contributed by atoms with E-state index < -0.39 is 0 Å². The van der Waals surface area contributed by atoms with Gasteiger partial charge in [0.15, 0.2) is 5.82 Å². The van der Waals surface area contributed by atoms with E-state index in [0.29, 0.717) is 55.9 Å². The molecular formula is C21H27N3O4. The quantitative estimate of drug-likeness (QED) is 0.695.